The molecule has 7 heteroatoms. The fourth-order valence-corrected chi connectivity index (χ4v) is 1.91. The van der Waals surface area contributed by atoms with Gasteiger partial charge in [-0.3, -0.25) is 4.98 Å². The summed E-state index contributed by atoms with van der Waals surface area (Å²) in [7, 11) is 0. The van der Waals surface area contributed by atoms with Crippen LogP contribution in [-0.2, 0) is 4.74 Å². The van der Waals surface area contributed by atoms with Gasteiger partial charge in [0.15, 0.2) is 0 Å². The van der Waals surface area contributed by atoms with Crippen LogP contribution in [0.5, 0.6) is 0 Å². The Balaban J connectivity index is 1.85. The van der Waals surface area contributed by atoms with Crippen LogP contribution in [0, 0.1) is 0 Å². The van der Waals surface area contributed by atoms with Gasteiger partial charge in [0, 0.05) is 25.0 Å². The average Bonchev–Trinajstić information content (AvgIpc) is 2.90. The molecule has 2 N–H and O–H groups in total. The molecule has 2 aromatic heterocycles. The van der Waals surface area contributed by atoms with Crippen LogP contribution in [-0.4, -0.2) is 39.4 Å². The molecular formula is C11H13N5O2. The SMILES string of the molecule is NC1CCOCC1c1nc(-c2cnccn2)no1. The summed E-state index contributed by atoms with van der Waals surface area (Å²) in [6.45, 7) is 1.20. The molecule has 0 aliphatic carbocycles. The lowest BCUT2D eigenvalue weighted by atomic mass is 9.97. The van der Waals surface area contributed by atoms with Crippen molar-refractivity contribution < 1.29 is 9.26 Å². The molecule has 0 saturated carbocycles. The van der Waals surface area contributed by atoms with E-state index < -0.39 is 0 Å². The van der Waals surface area contributed by atoms with E-state index in [4.69, 9.17) is 15.0 Å². The van der Waals surface area contributed by atoms with Gasteiger partial charge in [0.25, 0.3) is 0 Å². The number of rotatable bonds is 2. The van der Waals surface area contributed by atoms with Gasteiger partial charge >= 0.3 is 0 Å². The first-order valence-electron chi connectivity index (χ1n) is 5.78. The molecule has 1 saturated heterocycles. The van der Waals surface area contributed by atoms with E-state index in [1.165, 1.54) is 0 Å². The first kappa shape index (κ1) is 11.2. The van der Waals surface area contributed by atoms with Crippen molar-refractivity contribution in [1.82, 2.24) is 20.1 Å². The summed E-state index contributed by atoms with van der Waals surface area (Å²) in [5, 5.41) is 3.90. The van der Waals surface area contributed by atoms with E-state index >= 15 is 0 Å². The molecule has 1 aliphatic heterocycles. The van der Waals surface area contributed by atoms with Crippen molar-refractivity contribution in [2.75, 3.05) is 13.2 Å². The molecule has 18 heavy (non-hydrogen) atoms. The first-order chi connectivity index (χ1) is 8.84. The Hall–Kier alpha value is -1.86. The monoisotopic (exact) mass is 247 g/mol. The van der Waals surface area contributed by atoms with Crippen LogP contribution in [0.3, 0.4) is 0 Å². The first-order valence-corrected chi connectivity index (χ1v) is 5.78. The summed E-state index contributed by atoms with van der Waals surface area (Å²) in [4.78, 5) is 12.4. The van der Waals surface area contributed by atoms with Gasteiger partial charge in [0.2, 0.25) is 11.7 Å². The molecule has 3 heterocycles. The van der Waals surface area contributed by atoms with Crippen molar-refractivity contribution in [1.29, 1.82) is 0 Å². The van der Waals surface area contributed by atoms with Gasteiger partial charge in [-0.15, -0.1) is 0 Å². The molecule has 0 bridgehead atoms. The van der Waals surface area contributed by atoms with E-state index in [0.717, 1.165) is 6.42 Å². The third-order valence-electron chi connectivity index (χ3n) is 2.96. The molecule has 2 atom stereocenters. The van der Waals surface area contributed by atoms with E-state index in [2.05, 4.69) is 20.1 Å². The zero-order valence-electron chi connectivity index (χ0n) is 9.69. The lowest BCUT2D eigenvalue weighted by Gasteiger charge is -2.25. The van der Waals surface area contributed by atoms with Gasteiger partial charge in [-0.2, -0.15) is 4.98 Å². The van der Waals surface area contributed by atoms with Crippen molar-refractivity contribution in [3.05, 3.63) is 24.5 Å². The number of hydrogen-bond acceptors (Lipinski definition) is 7. The summed E-state index contributed by atoms with van der Waals surface area (Å²) >= 11 is 0. The van der Waals surface area contributed by atoms with Crippen LogP contribution >= 0.6 is 0 Å². The summed E-state index contributed by atoms with van der Waals surface area (Å²) in [5.41, 5.74) is 6.60. The van der Waals surface area contributed by atoms with Crippen molar-refractivity contribution in [2.24, 2.45) is 5.73 Å². The van der Waals surface area contributed by atoms with E-state index in [0.29, 0.717) is 30.6 Å². The summed E-state index contributed by atoms with van der Waals surface area (Å²) in [5.74, 6) is 0.885. The zero-order chi connectivity index (χ0) is 12.4. The molecule has 2 aromatic rings. The van der Waals surface area contributed by atoms with Crippen LogP contribution < -0.4 is 5.73 Å². The van der Waals surface area contributed by atoms with E-state index in [1.54, 1.807) is 18.6 Å². The Morgan fingerprint density at radius 3 is 3.06 bits per heavy atom. The maximum Gasteiger partial charge on any atom is 0.234 e. The van der Waals surface area contributed by atoms with Crippen molar-refractivity contribution in [3.63, 3.8) is 0 Å². The third kappa shape index (κ3) is 2.09. The molecule has 0 aromatic carbocycles. The van der Waals surface area contributed by atoms with Gasteiger partial charge in [-0.25, -0.2) is 4.98 Å². The number of nitrogens with zero attached hydrogens (tertiary/aromatic N) is 4. The molecule has 3 rings (SSSR count). The van der Waals surface area contributed by atoms with Gasteiger partial charge in [0.05, 0.1) is 18.7 Å². The Morgan fingerprint density at radius 1 is 1.33 bits per heavy atom. The van der Waals surface area contributed by atoms with Gasteiger partial charge in [-0.05, 0) is 6.42 Å². The minimum absolute atomic E-state index is 0.00564. The second-order valence-corrected chi connectivity index (χ2v) is 4.18. The Morgan fingerprint density at radius 2 is 2.28 bits per heavy atom. The fourth-order valence-electron chi connectivity index (χ4n) is 1.91. The average molecular weight is 247 g/mol. The maximum absolute atomic E-state index is 6.02. The molecule has 2 unspecified atom stereocenters. The van der Waals surface area contributed by atoms with Gasteiger partial charge in [0.1, 0.15) is 5.69 Å². The highest BCUT2D eigenvalue weighted by molar-refractivity contribution is 5.45. The number of nitrogens with two attached hydrogens (primary N) is 1. The number of hydrogen-bond donors (Lipinski definition) is 1. The maximum atomic E-state index is 6.02. The minimum Gasteiger partial charge on any atom is -0.381 e. The zero-order valence-corrected chi connectivity index (χ0v) is 9.69. The van der Waals surface area contributed by atoms with Crippen molar-refractivity contribution >= 4 is 0 Å². The smallest absolute Gasteiger partial charge is 0.234 e. The lowest BCUT2D eigenvalue weighted by Crippen LogP contribution is -2.37. The standard InChI is InChI=1S/C11H13N5O2/c12-8-1-4-17-6-7(8)11-15-10(16-18-11)9-5-13-2-3-14-9/h2-3,5,7-8H,1,4,6,12H2. The molecular weight excluding hydrogens is 234 g/mol. The van der Waals surface area contributed by atoms with Crippen LogP contribution in [0.25, 0.3) is 11.5 Å². The van der Waals surface area contributed by atoms with Crippen molar-refractivity contribution in [3.8, 4) is 11.5 Å². The molecule has 1 fully saturated rings. The predicted molar refractivity (Wildman–Crippen MR) is 61.5 cm³/mol. The largest absolute Gasteiger partial charge is 0.381 e. The molecule has 94 valence electrons. The van der Waals surface area contributed by atoms with Crippen LogP contribution in [0.2, 0.25) is 0 Å². The van der Waals surface area contributed by atoms with Crippen LogP contribution in [0.4, 0.5) is 0 Å². The Bertz CT molecular complexity index is 515. The van der Waals surface area contributed by atoms with Crippen LogP contribution in [0.1, 0.15) is 18.2 Å². The second kappa shape index (κ2) is 4.79. The topological polar surface area (TPSA) is 100.0 Å². The summed E-state index contributed by atoms with van der Waals surface area (Å²) in [6.07, 6.45) is 5.57. The van der Waals surface area contributed by atoms with Crippen molar-refractivity contribution in [2.45, 2.75) is 18.4 Å². The Kier molecular flexibility index (Phi) is 2.99. The number of aromatic nitrogens is 4. The minimum atomic E-state index is -0.0447. The van der Waals surface area contributed by atoms with E-state index in [1.807, 2.05) is 0 Å². The summed E-state index contributed by atoms with van der Waals surface area (Å²) < 4.78 is 10.6. The highest BCUT2D eigenvalue weighted by Crippen LogP contribution is 2.24. The molecule has 0 amide bonds. The molecule has 1 aliphatic rings. The van der Waals surface area contributed by atoms with Gasteiger partial charge < -0.3 is 15.0 Å². The number of ether oxygens (including phenoxy) is 1. The normalized spacial score (nSPS) is 24.1. The third-order valence-corrected chi connectivity index (χ3v) is 2.96. The summed E-state index contributed by atoms with van der Waals surface area (Å²) in [6, 6.07) is -0.00564. The second-order valence-electron chi connectivity index (χ2n) is 4.18. The highest BCUT2D eigenvalue weighted by Gasteiger charge is 2.29. The van der Waals surface area contributed by atoms with E-state index in [9.17, 15) is 0 Å². The van der Waals surface area contributed by atoms with E-state index in [-0.39, 0.29) is 12.0 Å². The molecule has 0 radical (unpaired) electrons. The Labute approximate surface area is 103 Å². The molecule has 0 spiro atoms. The molecule has 7 nitrogen and oxygen atoms in total. The lowest BCUT2D eigenvalue weighted by molar-refractivity contribution is 0.0590. The highest BCUT2D eigenvalue weighted by atomic mass is 16.5. The van der Waals surface area contributed by atoms with Gasteiger partial charge in [-0.1, -0.05) is 5.16 Å². The predicted octanol–water partition coefficient (Wildman–Crippen LogP) is 0.358. The fraction of sp³-hybridized carbons (Fsp3) is 0.455. The van der Waals surface area contributed by atoms with Crippen LogP contribution in [0.15, 0.2) is 23.1 Å². The quantitative estimate of drug-likeness (QED) is 0.817.